The summed E-state index contributed by atoms with van der Waals surface area (Å²) >= 11 is 0. The van der Waals surface area contributed by atoms with Gasteiger partial charge < -0.3 is 14.8 Å². The highest BCUT2D eigenvalue weighted by Gasteiger charge is 2.29. The van der Waals surface area contributed by atoms with E-state index in [0.29, 0.717) is 37.6 Å². The number of nitrogens with one attached hydrogen (secondary N) is 1. The van der Waals surface area contributed by atoms with E-state index in [9.17, 15) is 13.2 Å². The van der Waals surface area contributed by atoms with Crippen LogP contribution in [0.1, 0.15) is 11.1 Å². The molecule has 1 fully saturated rings. The van der Waals surface area contributed by atoms with Gasteiger partial charge in [0.25, 0.3) is 0 Å². The lowest BCUT2D eigenvalue weighted by molar-refractivity contribution is -0.115. The van der Waals surface area contributed by atoms with Crippen LogP contribution < -0.4 is 10.1 Å². The quantitative estimate of drug-likeness (QED) is 0.798. The fraction of sp³-hybridized carbons (Fsp3) is 0.350. The minimum absolute atomic E-state index is 0.0591. The summed E-state index contributed by atoms with van der Waals surface area (Å²) in [6, 6.07) is 12.3. The number of aryl methyl sites for hydroxylation is 1. The molecule has 0 saturated carbocycles. The van der Waals surface area contributed by atoms with Crippen LogP contribution >= 0.6 is 0 Å². The molecule has 0 radical (unpaired) electrons. The van der Waals surface area contributed by atoms with Crippen LogP contribution in [0.5, 0.6) is 5.75 Å². The molecule has 7 nitrogen and oxygen atoms in total. The van der Waals surface area contributed by atoms with E-state index in [-0.39, 0.29) is 23.0 Å². The Balaban J connectivity index is 1.81. The van der Waals surface area contributed by atoms with Gasteiger partial charge in [-0.15, -0.1) is 0 Å². The summed E-state index contributed by atoms with van der Waals surface area (Å²) in [5.41, 5.74) is 2.35. The third-order valence-electron chi connectivity index (χ3n) is 4.48. The highest BCUT2D eigenvalue weighted by molar-refractivity contribution is 7.89. The molecule has 0 atom stereocenters. The van der Waals surface area contributed by atoms with Crippen LogP contribution in [0.4, 0.5) is 5.69 Å². The van der Waals surface area contributed by atoms with E-state index in [1.54, 1.807) is 12.1 Å². The van der Waals surface area contributed by atoms with Crippen molar-refractivity contribution in [2.45, 2.75) is 18.2 Å². The molecule has 1 heterocycles. The van der Waals surface area contributed by atoms with E-state index < -0.39 is 10.0 Å². The van der Waals surface area contributed by atoms with Gasteiger partial charge in [0.05, 0.1) is 26.7 Å². The Morgan fingerprint density at radius 3 is 2.61 bits per heavy atom. The number of hydrogen-bond acceptors (Lipinski definition) is 5. The van der Waals surface area contributed by atoms with Gasteiger partial charge in [0.2, 0.25) is 15.9 Å². The third-order valence-corrected chi connectivity index (χ3v) is 6.40. The second kappa shape index (κ2) is 8.72. The second-order valence-corrected chi connectivity index (χ2v) is 8.50. The SMILES string of the molecule is COc1ccc(CC(=O)Nc2cccc(C)c2)cc1S(=O)(=O)N1CCOCC1. The fourth-order valence-electron chi connectivity index (χ4n) is 3.07. The van der Waals surface area contributed by atoms with E-state index in [1.165, 1.54) is 17.5 Å². The first-order chi connectivity index (χ1) is 13.4. The molecule has 2 aromatic carbocycles. The zero-order valence-corrected chi connectivity index (χ0v) is 16.8. The molecule has 2 aromatic rings. The number of hydrogen-bond donors (Lipinski definition) is 1. The monoisotopic (exact) mass is 404 g/mol. The van der Waals surface area contributed by atoms with Crippen LogP contribution in [0.3, 0.4) is 0 Å². The van der Waals surface area contributed by atoms with Crippen LogP contribution in [0.15, 0.2) is 47.4 Å². The summed E-state index contributed by atoms with van der Waals surface area (Å²) in [4.78, 5) is 12.5. The number of benzene rings is 2. The molecule has 8 heteroatoms. The predicted molar refractivity (Wildman–Crippen MR) is 106 cm³/mol. The van der Waals surface area contributed by atoms with Crippen molar-refractivity contribution >= 4 is 21.6 Å². The Bertz CT molecular complexity index is 953. The molecule has 28 heavy (non-hydrogen) atoms. The number of amides is 1. The zero-order chi connectivity index (χ0) is 20.1. The van der Waals surface area contributed by atoms with Gasteiger partial charge >= 0.3 is 0 Å². The van der Waals surface area contributed by atoms with Crippen molar-refractivity contribution in [3.63, 3.8) is 0 Å². The highest BCUT2D eigenvalue weighted by Crippen LogP contribution is 2.28. The molecule has 150 valence electrons. The number of methoxy groups -OCH3 is 1. The number of sulfonamides is 1. The molecule has 0 spiro atoms. The Hall–Kier alpha value is -2.42. The molecule has 1 N–H and O–H groups in total. The number of carbonyl (C=O) groups is 1. The minimum atomic E-state index is -3.73. The number of nitrogens with zero attached hydrogens (tertiary/aromatic N) is 1. The van der Waals surface area contributed by atoms with Gasteiger partial charge in [0, 0.05) is 18.8 Å². The standard InChI is InChI=1S/C20H24N2O5S/c1-15-4-3-5-17(12-15)21-20(23)14-16-6-7-18(26-2)19(13-16)28(24,25)22-8-10-27-11-9-22/h3-7,12-13H,8-11,14H2,1-2H3,(H,21,23). The molecule has 3 rings (SSSR count). The van der Waals surface area contributed by atoms with Crippen molar-refractivity contribution < 1.29 is 22.7 Å². The summed E-state index contributed by atoms with van der Waals surface area (Å²) < 4.78 is 37.9. The van der Waals surface area contributed by atoms with Gasteiger partial charge in [0.1, 0.15) is 10.6 Å². The van der Waals surface area contributed by atoms with Crippen molar-refractivity contribution in [1.82, 2.24) is 4.31 Å². The van der Waals surface area contributed by atoms with Gasteiger partial charge in [-0.2, -0.15) is 4.31 Å². The van der Waals surface area contributed by atoms with Crippen LogP contribution in [0, 0.1) is 6.92 Å². The van der Waals surface area contributed by atoms with Crippen molar-refractivity contribution in [1.29, 1.82) is 0 Å². The number of anilines is 1. The maximum absolute atomic E-state index is 13.0. The van der Waals surface area contributed by atoms with Crippen LogP contribution in [0.2, 0.25) is 0 Å². The van der Waals surface area contributed by atoms with Crippen molar-refractivity contribution in [3.05, 3.63) is 53.6 Å². The first-order valence-corrected chi connectivity index (χ1v) is 10.5. The topological polar surface area (TPSA) is 84.9 Å². The Kier molecular flexibility index (Phi) is 6.33. The number of ether oxygens (including phenoxy) is 2. The van der Waals surface area contributed by atoms with Crippen molar-refractivity contribution in [2.75, 3.05) is 38.7 Å². The largest absolute Gasteiger partial charge is 0.495 e. The maximum Gasteiger partial charge on any atom is 0.246 e. The van der Waals surface area contributed by atoms with Gasteiger partial charge in [0.15, 0.2) is 0 Å². The summed E-state index contributed by atoms with van der Waals surface area (Å²) in [5, 5.41) is 2.83. The lowest BCUT2D eigenvalue weighted by Gasteiger charge is -2.26. The fourth-order valence-corrected chi connectivity index (χ4v) is 4.69. The van der Waals surface area contributed by atoms with Crippen molar-refractivity contribution in [2.24, 2.45) is 0 Å². The number of morpholine rings is 1. The van der Waals surface area contributed by atoms with Gasteiger partial charge in [-0.25, -0.2) is 8.42 Å². The normalized spacial score (nSPS) is 15.2. The lowest BCUT2D eigenvalue weighted by Crippen LogP contribution is -2.40. The average molecular weight is 404 g/mol. The lowest BCUT2D eigenvalue weighted by atomic mass is 10.1. The van der Waals surface area contributed by atoms with Crippen LogP contribution in [0.25, 0.3) is 0 Å². The maximum atomic E-state index is 13.0. The van der Waals surface area contributed by atoms with Crippen LogP contribution in [-0.4, -0.2) is 52.0 Å². The molecule has 1 amide bonds. The zero-order valence-electron chi connectivity index (χ0n) is 16.0. The summed E-state index contributed by atoms with van der Waals surface area (Å²) in [6.07, 6.45) is 0.0591. The molecule has 1 aliphatic rings. The predicted octanol–water partition coefficient (Wildman–Crippen LogP) is 2.21. The van der Waals surface area contributed by atoms with Crippen molar-refractivity contribution in [3.8, 4) is 5.75 Å². The first-order valence-electron chi connectivity index (χ1n) is 9.01. The number of carbonyl (C=O) groups excluding carboxylic acids is 1. The smallest absolute Gasteiger partial charge is 0.246 e. The van der Waals surface area contributed by atoms with E-state index in [2.05, 4.69) is 5.32 Å². The first kappa shape index (κ1) is 20.3. The number of rotatable bonds is 6. The van der Waals surface area contributed by atoms with E-state index in [4.69, 9.17) is 9.47 Å². The summed E-state index contributed by atoms with van der Waals surface area (Å²) in [5.74, 6) is 0.0415. The van der Waals surface area contributed by atoms with Gasteiger partial charge in [-0.3, -0.25) is 4.79 Å². The Morgan fingerprint density at radius 2 is 1.93 bits per heavy atom. The van der Waals surface area contributed by atoms with Gasteiger partial charge in [-0.1, -0.05) is 18.2 Å². The third kappa shape index (κ3) is 4.70. The molecule has 0 unspecified atom stereocenters. The molecule has 0 aliphatic carbocycles. The Labute approximate surface area is 165 Å². The van der Waals surface area contributed by atoms with Gasteiger partial charge in [-0.05, 0) is 42.3 Å². The second-order valence-electron chi connectivity index (χ2n) is 6.60. The molecular formula is C20H24N2O5S. The molecule has 0 bridgehead atoms. The van der Waals surface area contributed by atoms with E-state index in [0.717, 1.165) is 5.56 Å². The minimum Gasteiger partial charge on any atom is -0.495 e. The molecule has 1 aliphatic heterocycles. The molecular weight excluding hydrogens is 380 g/mol. The van der Waals surface area contributed by atoms with Crippen LogP contribution in [-0.2, 0) is 26.0 Å². The molecule has 1 saturated heterocycles. The van der Waals surface area contributed by atoms with E-state index in [1.807, 2.05) is 31.2 Å². The molecule has 0 aromatic heterocycles. The Morgan fingerprint density at radius 1 is 1.18 bits per heavy atom. The van der Waals surface area contributed by atoms with E-state index >= 15 is 0 Å². The average Bonchev–Trinajstić information content (AvgIpc) is 2.68. The summed E-state index contributed by atoms with van der Waals surface area (Å²) in [6.45, 7) is 3.26. The highest BCUT2D eigenvalue weighted by atomic mass is 32.2. The summed E-state index contributed by atoms with van der Waals surface area (Å²) in [7, 11) is -2.30.